The lowest BCUT2D eigenvalue weighted by molar-refractivity contribution is 0.587. The summed E-state index contributed by atoms with van der Waals surface area (Å²) in [4.78, 5) is 0.189. The fraction of sp³-hybridized carbons (Fsp3) is 0.500. The van der Waals surface area contributed by atoms with E-state index in [1.54, 1.807) is 0 Å². The van der Waals surface area contributed by atoms with Crippen molar-refractivity contribution in [1.29, 1.82) is 0 Å². The highest BCUT2D eigenvalue weighted by Crippen LogP contribution is 2.12. The average Bonchev–Trinajstić information content (AvgIpc) is 2.29. The molecule has 96 valence electrons. The number of nitrogens with one attached hydrogen (secondary N) is 1. The van der Waals surface area contributed by atoms with Gasteiger partial charge in [-0.05, 0) is 50.2 Å². The van der Waals surface area contributed by atoms with Gasteiger partial charge in [-0.1, -0.05) is 6.92 Å². The molecule has 0 saturated heterocycles. The highest BCUT2D eigenvalue weighted by molar-refractivity contribution is 7.91. The zero-order chi connectivity index (χ0) is 12.7. The topological polar surface area (TPSA) is 46.2 Å². The predicted octanol–water partition coefficient (Wildman–Crippen LogP) is 1.99. The Balaban J connectivity index is 2.48. The second kappa shape index (κ2) is 6.71. The van der Waals surface area contributed by atoms with E-state index < -0.39 is 15.7 Å². The molecule has 0 bridgehead atoms. The maximum Gasteiger partial charge on any atom is 0.178 e. The molecular weight excluding hydrogens is 241 g/mol. The molecular formula is C12H18FNO2S. The first kappa shape index (κ1) is 14.1. The molecule has 0 aliphatic rings. The van der Waals surface area contributed by atoms with Crippen molar-refractivity contribution in [3.05, 3.63) is 30.1 Å². The largest absolute Gasteiger partial charge is 0.317 e. The molecule has 5 heteroatoms. The van der Waals surface area contributed by atoms with Crippen molar-refractivity contribution in [3.8, 4) is 0 Å². The summed E-state index contributed by atoms with van der Waals surface area (Å²) in [5, 5.41) is 3.14. The van der Waals surface area contributed by atoms with Crippen LogP contribution in [0, 0.1) is 5.82 Å². The molecule has 17 heavy (non-hydrogen) atoms. The molecule has 0 atom stereocenters. The standard InChI is InChI=1S/C12H18FNO2S/c1-2-8-14-9-3-10-17(15,16)12-6-4-11(13)5-7-12/h4-7,14H,2-3,8-10H2,1H3. The summed E-state index contributed by atoms with van der Waals surface area (Å²) in [6.07, 6.45) is 1.60. The first-order valence-corrected chi connectivity index (χ1v) is 7.40. The van der Waals surface area contributed by atoms with Crippen LogP contribution in [-0.4, -0.2) is 27.3 Å². The zero-order valence-electron chi connectivity index (χ0n) is 9.95. The first-order valence-electron chi connectivity index (χ1n) is 5.75. The van der Waals surface area contributed by atoms with Crippen molar-refractivity contribution in [2.24, 2.45) is 0 Å². The monoisotopic (exact) mass is 259 g/mol. The van der Waals surface area contributed by atoms with Gasteiger partial charge in [0.2, 0.25) is 0 Å². The average molecular weight is 259 g/mol. The quantitative estimate of drug-likeness (QED) is 0.601. The van der Waals surface area contributed by atoms with Gasteiger partial charge in [-0.15, -0.1) is 0 Å². The van der Waals surface area contributed by atoms with Crippen molar-refractivity contribution >= 4 is 9.84 Å². The fourth-order valence-electron chi connectivity index (χ4n) is 1.45. The van der Waals surface area contributed by atoms with Crippen LogP contribution in [0.1, 0.15) is 19.8 Å². The maximum atomic E-state index is 12.7. The predicted molar refractivity (Wildman–Crippen MR) is 66.2 cm³/mol. The molecule has 1 aromatic carbocycles. The molecule has 3 nitrogen and oxygen atoms in total. The van der Waals surface area contributed by atoms with Crippen LogP contribution < -0.4 is 5.32 Å². The zero-order valence-corrected chi connectivity index (χ0v) is 10.8. The van der Waals surface area contributed by atoms with Gasteiger partial charge < -0.3 is 5.32 Å². The molecule has 0 fully saturated rings. The fourth-order valence-corrected chi connectivity index (χ4v) is 2.76. The minimum Gasteiger partial charge on any atom is -0.317 e. The summed E-state index contributed by atoms with van der Waals surface area (Å²) in [6, 6.07) is 4.96. The van der Waals surface area contributed by atoms with Crippen LogP contribution in [0.15, 0.2) is 29.2 Å². The van der Waals surface area contributed by atoms with E-state index in [1.165, 1.54) is 24.3 Å². The van der Waals surface area contributed by atoms with Crippen LogP contribution in [-0.2, 0) is 9.84 Å². The molecule has 0 amide bonds. The van der Waals surface area contributed by atoms with Crippen LogP contribution in [0.2, 0.25) is 0 Å². The lowest BCUT2D eigenvalue weighted by Crippen LogP contribution is -2.19. The van der Waals surface area contributed by atoms with E-state index in [0.29, 0.717) is 13.0 Å². The second-order valence-corrected chi connectivity index (χ2v) is 5.99. The van der Waals surface area contributed by atoms with Crippen molar-refractivity contribution in [2.45, 2.75) is 24.7 Å². The smallest absolute Gasteiger partial charge is 0.178 e. The van der Waals surface area contributed by atoms with Gasteiger partial charge >= 0.3 is 0 Å². The third kappa shape index (κ3) is 4.83. The summed E-state index contributed by atoms with van der Waals surface area (Å²) in [6.45, 7) is 3.65. The summed E-state index contributed by atoms with van der Waals surface area (Å²) in [5.41, 5.74) is 0. The molecule has 0 aliphatic carbocycles. The van der Waals surface area contributed by atoms with E-state index in [0.717, 1.165) is 13.0 Å². The van der Waals surface area contributed by atoms with Crippen LogP contribution in [0.25, 0.3) is 0 Å². The van der Waals surface area contributed by atoms with Gasteiger partial charge in [0.15, 0.2) is 9.84 Å². The van der Waals surface area contributed by atoms with Gasteiger partial charge in [0, 0.05) is 0 Å². The SMILES string of the molecule is CCCNCCCS(=O)(=O)c1ccc(F)cc1. The lowest BCUT2D eigenvalue weighted by Gasteiger charge is -2.05. The van der Waals surface area contributed by atoms with E-state index in [-0.39, 0.29) is 10.6 Å². The normalized spacial score (nSPS) is 11.6. The Kier molecular flexibility index (Phi) is 5.58. The summed E-state index contributed by atoms with van der Waals surface area (Å²) >= 11 is 0. The van der Waals surface area contributed by atoms with E-state index in [9.17, 15) is 12.8 Å². The van der Waals surface area contributed by atoms with E-state index >= 15 is 0 Å². The Bertz CT molecular complexity index is 428. The molecule has 1 rings (SSSR count). The Labute approximate surface area is 102 Å². The Morgan fingerprint density at radius 3 is 2.41 bits per heavy atom. The number of hydrogen-bond donors (Lipinski definition) is 1. The number of benzene rings is 1. The van der Waals surface area contributed by atoms with Crippen molar-refractivity contribution < 1.29 is 12.8 Å². The first-order chi connectivity index (χ1) is 8.06. The maximum absolute atomic E-state index is 12.7. The molecule has 1 N–H and O–H groups in total. The minimum atomic E-state index is -3.27. The minimum absolute atomic E-state index is 0.0926. The van der Waals surface area contributed by atoms with Crippen LogP contribution in [0.4, 0.5) is 4.39 Å². The molecule has 0 aromatic heterocycles. The number of sulfone groups is 1. The second-order valence-electron chi connectivity index (χ2n) is 3.88. The van der Waals surface area contributed by atoms with Crippen molar-refractivity contribution in [1.82, 2.24) is 5.32 Å². The number of rotatable bonds is 7. The van der Waals surface area contributed by atoms with Gasteiger partial charge in [-0.2, -0.15) is 0 Å². The van der Waals surface area contributed by atoms with E-state index in [1.807, 2.05) is 0 Å². The molecule has 0 spiro atoms. The lowest BCUT2D eigenvalue weighted by atomic mass is 10.4. The summed E-state index contributed by atoms with van der Waals surface area (Å²) in [7, 11) is -3.27. The molecule has 0 aliphatic heterocycles. The highest BCUT2D eigenvalue weighted by atomic mass is 32.2. The molecule has 0 unspecified atom stereocenters. The number of halogens is 1. The Morgan fingerprint density at radius 1 is 1.18 bits per heavy atom. The van der Waals surface area contributed by atoms with Crippen LogP contribution in [0.3, 0.4) is 0 Å². The number of hydrogen-bond acceptors (Lipinski definition) is 3. The van der Waals surface area contributed by atoms with Gasteiger partial charge in [0.05, 0.1) is 10.6 Å². The van der Waals surface area contributed by atoms with Crippen molar-refractivity contribution in [3.63, 3.8) is 0 Å². The van der Waals surface area contributed by atoms with E-state index in [4.69, 9.17) is 0 Å². The van der Waals surface area contributed by atoms with Gasteiger partial charge in [0.25, 0.3) is 0 Å². The van der Waals surface area contributed by atoms with Crippen LogP contribution in [0.5, 0.6) is 0 Å². The van der Waals surface area contributed by atoms with Crippen molar-refractivity contribution in [2.75, 3.05) is 18.8 Å². The molecule has 0 heterocycles. The third-order valence-electron chi connectivity index (χ3n) is 2.37. The Hall–Kier alpha value is -0.940. The van der Waals surface area contributed by atoms with Gasteiger partial charge in [0.1, 0.15) is 5.82 Å². The van der Waals surface area contributed by atoms with E-state index in [2.05, 4.69) is 12.2 Å². The van der Waals surface area contributed by atoms with Crippen LogP contribution >= 0.6 is 0 Å². The molecule has 0 radical (unpaired) electrons. The van der Waals surface area contributed by atoms with Gasteiger partial charge in [-0.3, -0.25) is 0 Å². The molecule has 0 saturated carbocycles. The van der Waals surface area contributed by atoms with Gasteiger partial charge in [-0.25, -0.2) is 12.8 Å². The molecule has 1 aromatic rings. The Morgan fingerprint density at radius 2 is 1.82 bits per heavy atom. The third-order valence-corrected chi connectivity index (χ3v) is 4.18. The summed E-state index contributed by atoms with van der Waals surface area (Å²) < 4.78 is 36.3. The highest BCUT2D eigenvalue weighted by Gasteiger charge is 2.13. The summed E-state index contributed by atoms with van der Waals surface area (Å²) in [5.74, 6) is -0.330.